The van der Waals surface area contributed by atoms with E-state index in [1.807, 2.05) is 0 Å². The van der Waals surface area contributed by atoms with Crippen LogP contribution < -0.4 is 5.32 Å². The predicted molar refractivity (Wildman–Crippen MR) is 78.2 cm³/mol. The van der Waals surface area contributed by atoms with E-state index in [4.69, 9.17) is 5.11 Å². The molecule has 0 aromatic heterocycles. The number of carboxylic acid groups (broad SMARTS) is 1. The molecule has 2 rings (SSSR count). The van der Waals surface area contributed by atoms with Gasteiger partial charge in [-0.25, -0.2) is 4.79 Å². The summed E-state index contributed by atoms with van der Waals surface area (Å²) in [5.41, 5.74) is 1.52. The molecule has 0 spiro atoms. The van der Waals surface area contributed by atoms with Crippen LogP contribution in [0.3, 0.4) is 0 Å². The smallest absolute Gasteiger partial charge is 0.336 e. The van der Waals surface area contributed by atoms with Crippen molar-refractivity contribution in [2.24, 2.45) is 0 Å². The van der Waals surface area contributed by atoms with E-state index in [-0.39, 0.29) is 5.56 Å². The van der Waals surface area contributed by atoms with Crippen LogP contribution in [0.4, 0.5) is 5.69 Å². The number of amides is 1. The molecule has 0 bridgehead atoms. The van der Waals surface area contributed by atoms with E-state index in [1.54, 1.807) is 49.4 Å². The monoisotopic (exact) mass is 285 g/mol. The van der Waals surface area contributed by atoms with Crippen LogP contribution >= 0.6 is 0 Å². The fraction of sp³-hybridized carbons (Fsp3) is 0.125. The fourth-order valence-corrected chi connectivity index (χ4v) is 1.93. The third-order valence-corrected chi connectivity index (χ3v) is 3.10. The van der Waals surface area contributed by atoms with Gasteiger partial charge in [0.2, 0.25) is 0 Å². The number of aryl methyl sites for hydroxylation is 1. The van der Waals surface area contributed by atoms with Crippen molar-refractivity contribution in [3.8, 4) is 0 Å². The quantitative estimate of drug-likeness (QED) is 0.805. The minimum atomic E-state index is -1.30. The molecule has 108 valence electrons. The molecular weight excluding hydrogens is 270 g/mol. The average Bonchev–Trinajstić information content (AvgIpc) is 2.49. The minimum Gasteiger partial charge on any atom is -0.478 e. The van der Waals surface area contributed by atoms with Crippen LogP contribution in [0.25, 0.3) is 0 Å². The van der Waals surface area contributed by atoms with E-state index in [9.17, 15) is 14.7 Å². The Labute approximate surface area is 121 Å². The summed E-state index contributed by atoms with van der Waals surface area (Å²) in [7, 11) is 0. The second kappa shape index (κ2) is 6.19. The predicted octanol–water partition coefficient (Wildman–Crippen LogP) is 2.37. The number of rotatable bonds is 4. The summed E-state index contributed by atoms with van der Waals surface area (Å²) in [6, 6.07) is 13.1. The largest absolute Gasteiger partial charge is 0.478 e. The molecule has 0 fully saturated rings. The number of aliphatic hydroxyl groups excluding tert-OH is 1. The Morgan fingerprint density at radius 3 is 2.38 bits per heavy atom. The molecule has 1 amide bonds. The second-order valence-electron chi connectivity index (χ2n) is 4.64. The van der Waals surface area contributed by atoms with Crippen molar-refractivity contribution in [2.75, 3.05) is 5.32 Å². The summed E-state index contributed by atoms with van der Waals surface area (Å²) < 4.78 is 0. The molecule has 21 heavy (non-hydrogen) atoms. The number of aromatic carboxylic acids is 1. The number of nitrogens with one attached hydrogen (secondary N) is 1. The minimum absolute atomic E-state index is 0.113. The van der Waals surface area contributed by atoms with Gasteiger partial charge >= 0.3 is 5.97 Å². The highest BCUT2D eigenvalue weighted by atomic mass is 16.4. The van der Waals surface area contributed by atoms with Gasteiger partial charge in [0, 0.05) is 5.69 Å². The zero-order chi connectivity index (χ0) is 15.4. The fourth-order valence-electron chi connectivity index (χ4n) is 1.93. The van der Waals surface area contributed by atoms with Crippen LogP contribution in [0, 0.1) is 6.92 Å². The summed E-state index contributed by atoms with van der Waals surface area (Å²) in [5.74, 6) is -1.67. The Bertz CT molecular complexity index is 667. The molecule has 0 saturated heterocycles. The third kappa shape index (κ3) is 3.46. The molecule has 0 heterocycles. The molecule has 1 atom stereocenters. The van der Waals surface area contributed by atoms with Crippen molar-refractivity contribution in [3.63, 3.8) is 0 Å². The van der Waals surface area contributed by atoms with E-state index < -0.39 is 18.0 Å². The van der Waals surface area contributed by atoms with Crippen LogP contribution in [0.1, 0.15) is 27.6 Å². The topological polar surface area (TPSA) is 86.6 Å². The van der Waals surface area contributed by atoms with E-state index >= 15 is 0 Å². The molecule has 5 nitrogen and oxygen atoms in total. The normalized spacial score (nSPS) is 11.7. The molecule has 0 aliphatic heterocycles. The van der Waals surface area contributed by atoms with Gasteiger partial charge in [0.15, 0.2) is 6.10 Å². The standard InChI is InChI=1S/C16H15NO4/c1-10-7-8-12(9-13(10)16(20)21)17-15(19)14(18)11-5-3-2-4-6-11/h2-9,14,18H,1H3,(H,17,19)(H,20,21). The zero-order valence-corrected chi connectivity index (χ0v) is 11.4. The summed E-state index contributed by atoms with van der Waals surface area (Å²) in [5, 5.41) is 21.5. The summed E-state index contributed by atoms with van der Waals surface area (Å²) >= 11 is 0. The molecular formula is C16H15NO4. The highest BCUT2D eigenvalue weighted by molar-refractivity contribution is 5.97. The Balaban J connectivity index is 2.16. The molecule has 0 aliphatic carbocycles. The first-order valence-corrected chi connectivity index (χ1v) is 6.37. The number of anilines is 1. The first-order chi connectivity index (χ1) is 9.99. The lowest BCUT2D eigenvalue weighted by Gasteiger charge is -2.12. The van der Waals surface area contributed by atoms with Gasteiger partial charge in [-0.1, -0.05) is 36.4 Å². The maximum absolute atomic E-state index is 12.0. The van der Waals surface area contributed by atoms with Crippen molar-refractivity contribution in [2.45, 2.75) is 13.0 Å². The Morgan fingerprint density at radius 2 is 1.76 bits per heavy atom. The van der Waals surface area contributed by atoms with Gasteiger partial charge in [-0.05, 0) is 30.2 Å². The number of hydrogen-bond donors (Lipinski definition) is 3. The van der Waals surface area contributed by atoms with E-state index in [0.29, 0.717) is 16.8 Å². The van der Waals surface area contributed by atoms with Crippen LogP contribution in [0.5, 0.6) is 0 Å². The number of carboxylic acids is 1. The van der Waals surface area contributed by atoms with Crippen molar-refractivity contribution in [1.82, 2.24) is 0 Å². The molecule has 2 aromatic carbocycles. The first kappa shape index (κ1) is 14.7. The van der Waals surface area contributed by atoms with Gasteiger partial charge in [0.1, 0.15) is 0 Å². The van der Waals surface area contributed by atoms with Crippen molar-refractivity contribution >= 4 is 17.6 Å². The van der Waals surface area contributed by atoms with Crippen LogP contribution in [-0.2, 0) is 4.79 Å². The molecule has 2 aromatic rings. The van der Waals surface area contributed by atoms with Gasteiger partial charge in [-0.2, -0.15) is 0 Å². The van der Waals surface area contributed by atoms with Crippen LogP contribution in [-0.4, -0.2) is 22.1 Å². The van der Waals surface area contributed by atoms with Gasteiger partial charge < -0.3 is 15.5 Å². The van der Waals surface area contributed by atoms with Crippen molar-refractivity contribution in [3.05, 3.63) is 65.2 Å². The maximum Gasteiger partial charge on any atom is 0.336 e. The number of aliphatic hydroxyl groups is 1. The Kier molecular flexibility index (Phi) is 4.35. The molecule has 5 heteroatoms. The Hall–Kier alpha value is -2.66. The lowest BCUT2D eigenvalue weighted by atomic mass is 10.1. The van der Waals surface area contributed by atoms with Gasteiger partial charge in [0.25, 0.3) is 5.91 Å². The zero-order valence-electron chi connectivity index (χ0n) is 11.4. The van der Waals surface area contributed by atoms with Crippen molar-refractivity contribution in [1.29, 1.82) is 0 Å². The number of carbonyl (C=O) groups excluding carboxylic acids is 1. The number of hydrogen-bond acceptors (Lipinski definition) is 3. The van der Waals surface area contributed by atoms with E-state index in [2.05, 4.69) is 5.32 Å². The Morgan fingerprint density at radius 1 is 1.10 bits per heavy atom. The summed E-state index contributed by atoms with van der Waals surface area (Å²) in [6.07, 6.45) is -1.30. The summed E-state index contributed by atoms with van der Waals surface area (Å²) in [4.78, 5) is 23.0. The molecule has 1 unspecified atom stereocenters. The first-order valence-electron chi connectivity index (χ1n) is 6.37. The molecule has 0 radical (unpaired) electrons. The lowest BCUT2D eigenvalue weighted by molar-refractivity contribution is -0.124. The molecule has 0 saturated carbocycles. The average molecular weight is 285 g/mol. The van der Waals surface area contributed by atoms with E-state index in [0.717, 1.165) is 0 Å². The number of carbonyl (C=O) groups is 2. The third-order valence-electron chi connectivity index (χ3n) is 3.10. The lowest BCUT2D eigenvalue weighted by Crippen LogP contribution is -2.21. The molecule has 0 aliphatic rings. The maximum atomic E-state index is 12.0. The second-order valence-corrected chi connectivity index (χ2v) is 4.64. The van der Waals surface area contributed by atoms with Gasteiger partial charge in [-0.3, -0.25) is 4.79 Å². The van der Waals surface area contributed by atoms with Crippen molar-refractivity contribution < 1.29 is 19.8 Å². The number of benzene rings is 2. The highest BCUT2D eigenvalue weighted by Crippen LogP contribution is 2.18. The van der Waals surface area contributed by atoms with Gasteiger partial charge in [0.05, 0.1) is 5.56 Å². The highest BCUT2D eigenvalue weighted by Gasteiger charge is 2.17. The SMILES string of the molecule is Cc1ccc(NC(=O)C(O)c2ccccc2)cc1C(=O)O. The summed E-state index contributed by atoms with van der Waals surface area (Å²) in [6.45, 7) is 1.67. The molecule has 3 N–H and O–H groups in total. The van der Waals surface area contributed by atoms with E-state index in [1.165, 1.54) is 6.07 Å². The van der Waals surface area contributed by atoms with Gasteiger partial charge in [-0.15, -0.1) is 0 Å². The van der Waals surface area contributed by atoms with Crippen LogP contribution in [0.2, 0.25) is 0 Å². The van der Waals surface area contributed by atoms with Crippen LogP contribution in [0.15, 0.2) is 48.5 Å².